The van der Waals surface area contributed by atoms with Gasteiger partial charge in [0.1, 0.15) is 6.67 Å². The summed E-state index contributed by atoms with van der Waals surface area (Å²) < 4.78 is 11.8. The number of hydrogen-bond acceptors (Lipinski definition) is 2. The predicted molar refractivity (Wildman–Crippen MR) is 31.2 cm³/mol. The van der Waals surface area contributed by atoms with Crippen LogP contribution in [-0.4, -0.2) is 23.3 Å². The zero-order valence-electron chi connectivity index (χ0n) is 4.61. The molecular weight excluding hydrogens is 123 g/mol. The van der Waals surface area contributed by atoms with Crippen molar-refractivity contribution in [3.63, 3.8) is 0 Å². The van der Waals surface area contributed by atoms with E-state index in [0.717, 1.165) is 6.67 Å². The standard InChI is InChI=1S/C4H7N2OP/c1-5-2-3-6(4-5)8-7/h2-3H,4H2,1H3. The minimum Gasteiger partial charge on any atom is -0.361 e. The zero-order chi connectivity index (χ0) is 5.98. The van der Waals surface area contributed by atoms with Gasteiger partial charge in [-0.3, -0.25) is 4.67 Å². The molecule has 1 aliphatic heterocycles. The first-order chi connectivity index (χ1) is 3.83. The third kappa shape index (κ3) is 0.984. The molecule has 0 N–H and O–H groups in total. The van der Waals surface area contributed by atoms with Gasteiger partial charge in [-0.05, 0) is 0 Å². The number of rotatable bonds is 1. The molecule has 0 saturated heterocycles. The second-order valence-electron chi connectivity index (χ2n) is 1.72. The van der Waals surface area contributed by atoms with Crippen molar-refractivity contribution in [3.05, 3.63) is 12.4 Å². The summed E-state index contributed by atoms with van der Waals surface area (Å²) in [6.07, 6.45) is 3.67. The Bertz CT molecular complexity index is 125. The van der Waals surface area contributed by atoms with Crippen LogP contribution < -0.4 is 0 Å². The first-order valence-electron chi connectivity index (χ1n) is 2.31. The van der Waals surface area contributed by atoms with E-state index in [1.807, 2.05) is 18.1 Å². The summed E-state index contributed by atoms with van der Waals surface area (Å²) in [7, 11) is 2.00. The van der Waals surface area contributed by atoms with Crippen molar-refractivity contribution in [2.24, 2.45) is 0 Å². The third-order valence-corrected chi connectivity index (χ3v) is 1.44. The van der Waals surface area contributed by atoms with Gasteiger partial charge in [-0.1, -0.05) is 0 Å². The van der Waals surface area contributed by atoms with Crippen molar-refractivity contribution in [3.8, 4) is 0 Å². The molecule has 0 amide bonds. The zero-order valence-corrected chi connectivity index (χ0v) is 5.51. The summed E-state index contributed by atoms with van der Waals surface area (Å²) >= 11 is 0. The minimum atomic E-state index is 0.0716. The van der Waals surface area contributed by atoms with Crippen LogP contribution >= 0.6 is 8.61 Å². The maximum Gasteiger partial charge on any atom is 0.283 e. The average Bonchev–Trinajstić information content (AvgIpc) is 2.14. The van der Waals surface area contributed by atoms with Gasteiger partial charge in [0.05, 0.1) is 0 Å². The third-order valence-electron chi connectivity index (χ3n) is 0.966. The Morgan fingerprint density at radius 1 is 1.62 bits per heavy atom. The summed E-state index contributed by atoms with van der Waals surface area (Å²) in [4.78, 5) is 1.95. The molecule has 0 bridgehead atoms. The van der Waals surface area contributed by atoms with Gasteiger partial charge in [-0.25, -0.2) is 4.57 Å². The van der Waals surface area contributed by atoms with Crippen LogP contribution in [0, 0.1) is 0 Å². The largest absolute Gasteiger partial charge is 0.361 e. The van der Waals surface area contributed by atoms with E-state index in [1.54, 1.807) is 10.9 Å². The highest BCUT2D eigenvalue weighted by Gasteiger charge is 2.05. The molecule has 0 aromatic rings. The lowest BCUT2D eigenvalue weighted by molar-refractivity contribution is 0.397. The number of nitrogens with zero attached hydrogens (tertiary/aromatic N) is 2. The van der Waals surface area contributed by atoms with E-state index in [9.17, 15) is 4.57 Å². The molecule has 0 saturated carbocycles. The van der Waals surface area contributed by atoms with E-state index in [1.165, 1.54) is 0 Å². The van der Waals surface area contributed by atoms with Crippen molar-refractivity contribution < 1.29 is 4.57 Å². The monoisotopic (exact) mass is 130 g/mol. The molecule has 0 radical (unpaired) electrons. The molecule has 1 rings (SSSR count). The second-order valence-corrected chi connectivity index (χ2v) is 2.39. The molecule has 44 valence electrons. The number of hydrogen-bond donors (Lipinski definition) is 0. The van der Waals surface area contributed by atoms with Gasteiger partial charge < -0.3 is 4.90 Å². The summed E-state index contributed by atoms with van der Waals surface area (Å²) in [5.74, 6) is 0. The lowest BCUT2D eigenvalue weighted by atomic mass is 10.9. The van der Waals surface area contributed by atoms with E-state index in [4.69, 9.17) is 0 Å². The molecule has 0 fully saturated rings. The van der Waals surface area contributed by atoms with Crippen molar-refractivity contribution in [1.82, 2.24) is 9.57 Å². The van der Waals surface area contributed by atoms with Crippen LogP contribution in [0.3, 0.4) is 0 Å². The summed E-state index contributed by atoms with van der Waals surface area (Å²) in [6, 6.07) is 0. The Morgan fingerprint density at radius 3 is 2.62 bits per heavy atom. The van der Waals surface area contributed by atoms with Crippen molar-refractivity contribution >= 4 is 8.61 Å². The second kappa shape index (κ2) is 2.14. The van der Waals surface area contributed by atoms with Gasteiger partial charge in [-0.15, -0.1) is 0 Å². The molecule has 0 aromatic carbocycles. The van der Waals surface area contributed by atoms with Gasteiger partial charge >= 0.3 is 0 Å². The van der Waals surface area contributed by atoms with Gasteiger partial charge in [0.25, 0.3) is 8.61 Å². The molecule has 3 nitrogen and oxygen atoms in total. The Labute approximate surface area is 49.8 Å². The maximum atomic E-state index is 10.1. The molecule has 0 unspecified atom stereocenters. The van der Waals surface area contributed by atoms with Crippen molar-refractivity contribution in [1.29, 1.82) is 0 Å². The van der Waals surface area contributed by atoms with E-state index < -0.39 is 0 Å². The summed E-state index contributed by atoms with van der Waals surface area (Å²) in [5, 5.41) is 0. The lowest BCUT2D eigenvalue weighted by Gasteiger charge is -2.08. The van der Waals surface area contributed by atoms with Crippen LogP contribution in [0.2, 0.25) is 0 Å². The maximum absolute atomic E-state index is 10.1. The molecule has 1 aliphatic rings. The minimum absolute atomic E-state index is 0.0716. The molecular formula is C4H7N2OP. The highest BCUT2D eigenvalue weighted by Crippen LogP contribution is 2.11. The Morgan fingerprint density at radius 2 is 2.38 bits per heavy atom. The van der Waals surface area contributed by atoms with Gasteiger partial charge in [0, 0.05) is 19.4 Å². The highest BCUT2D eigenvalue weighted by atomic mass is 31.1. The first kappa shape index (κ1) is 5.57. The van der Waals surface area contributed by atoms with E-state index in [0.29, 0.717) is 0 Å². The normalized spacial score (nSPS) is 18.6. The summed E-state index contributed by atoms with van der Waals surface area (Å²) in [5.41, 5.74) is 0. The quantitative estimate of drug-likeness (QED) is 0.492. The van der Waals surface area contributed by atoms with E-state index in [-0.39, 0.29) is 8.61 Å². The lowest BCUT2D eigenvalue weighted by Crippen LogP contribution is -2.13. The topological polar surface area (TPSA) is 23.6 Å². The average molecular weight is 130 g/mol. The van der Waals surface area contributed by atoms with Crippen LogP contribution in [0.1, 0.15) is 0 Å². The fourth-order valence-corrected chi connectivity index (χ4v) is 0.932. The Hall–Kier alpha value is -0.560. The van der Waals surface area contributed by atoms with Gasteiger partial charge in [0.15, 0.2) is 0 Å². The van der Waals surface area contributed by atoms with Crippen LogP contribution in [0.25, 0.3) is 0 Å². The fourth-order valence-electron chi connectivity index (χ4n) is 0.567. The van der Waals surface area contributed by atoms with Crippen molar-refractivity contribution in [2.45, 2.75) is 0 Å². The van der Waals surface area contributed by atoms with Gasteiger partial charge in [0.2, 0.25) is 0 Å². The van der Waals surface area contributed by atoms with Crippen molar-refractivity contribution in [2.75, 3.05) is 13.7 Å². The van der Waals surface area contributed by atoms with Crippen LogP contribution in [0.5, 0.6) is 0 Å². The molecule has 4 heteroatoms. The smallest absolute Gasteiger partial charge is 0.283 e. The Kier molecular flexibility index (Phi) is 1.49. The van der Waals surface area contributed by atoms with Crippen LogP contribution in [0.4, 0.5) is 0 Å². The first-order valence-corrected chi connectivity index (χ1v) is 3.08. The molecule has 8 heavy (non-hydrogen) atoms. The molecule has 0 atom stereocenters. The highest BCUT2D eigenvalue weighted by molar-refractivity contribution is 7.20. The van der Waals surface area contributed by atoms with Crippen LogP contribution in [-0.2, 0) is 4.57 Å². The van der Waals surface area contributed by atoms with Gasteiger partial charge in [-0.2, -0.15) is 0 Å². The molecule has 0 aliphatic carbocycles. The molecule has 1 heterocycles. The fraction of sp³-hybridized carbons (Fsp3) is 0.500. The predicted octanol–water partition coefficient (Wildman–Crippen LogP) is 0.869. The molecule has 0 aromatic heterocycles. The van der Waals surface area contributed by atoms with E-state index >= 15 is 0 Å². The Balaban J connectivity index is 2.45. The van der Waals surface area contributed by atoms with Crippen LogP contribution in [0.15, 0.2) is 12.4 Å². The molecule has 0 spiro atoms. The van der Waals surface area contributed by atoms with E-state index in [2.05, 4.69) is 0 Å². The SMILES string of the molecule is CN1C=CN(P=O)C1. The summed E-state index contributed by atoms with van der Waals surface area (Å²) in [6.45, 7) is 0.727.